The molecule has 0 unspecified atom stereocenters. The monoisotopic (exact) mass is 178 g/mol. The molecule has 70 valence electrons. The van der Waals surface area contributed by atoms with Gasteiger partial charge < -0.3 is 5.11 Å². The van der Waals surface area contributed by atoms with Crippen LogP contribution >= 0.6 is 0 Å². The van der Waals surface area contributed by atoms with Crippen LogP contribution in [0.3, 0.4) is 0 Å². The first-order chi connectivity index (χ1) is 5.49. The van der Waals surface area contributed by atoms with Gasteiger partial charge in [0.1, 0.15) is 0 Å². The summed E-state index contributed by atoms with van der Waals surface area (Å²) in [6, 6.07) is 0. The Morgan fingerprint density at radius 2 is 2.25 bits per heavy atom. The first kappa shape index (κ1) is 9.42. The summed E-state index contributed by atoms with van der Waals surface area (Å²) in [5.74, 6) is -3.93. The van der Waals surface area contributed by atoms with Gasteiger partial charge in [-0.05, 0) is 18.8 Å². The van der Waals surface area contributed by atoms with E-state index in [-0.39, 0.29) is 25.2 Å². The molecule has 1 rings (SSSR count). The van der Waals surface area contributed by atoms with Gasteiger partial charge in [-0.15, -0.1) is 0 Å². The van der Waals surface area contributed by atoms with Crippen LogP contribution < -0.4 is 0 Å². The van der Waals surface area contributed by atoms with E-state index in [1.807, 2.05) is 0 Å². The van der Waals surface area contributed by atoms with E-state index in [1.54, 1.807) is 0 Å². The van der Waals surface area contributed by atoms with Crippen molar-refractivity contribution in [3.63, 3.8) is 0 Å². The summed E-state index contributed by atoms with van der Waals surface area (Å²) in [6.45, 7) is 0. The van der Waals surface area contributed by atoms with Gasteiger partial charge in [-0.2, -0.15) is 0 Å². The van der Waals surface area contributed by atoms with Gasteiger partial charge in [0.15, 0.2) is 0 Å². The first-order valence-corrected chi connectivity index (χ1v) is 4.09. The van der Waals surface area contributed by atoms with E-state index in [9.17, 15) is 13.6 Å². The number of carbonyl (C=O) groups is 1. The minimum Gasteiger partial charge on any atom is -0.481 e. The number of hydrogen-bond acceptors (Lipinski definition) is 1. The number of rotatable bonds is 2. The zero-order chi connectivity index (χ0) is 9.19. The van der Waals surface area contributed by atoms with Crippen molar-refractivity contribution in [1.82, 2.24) is 0 Å². The van der Waals surface area contributed by atoms with Crippen molar-refractivity contribution in [3.8, 4) is 0 Å². The first-order valence-electron chi connectivity index (χ1n) is 4.09. The summed E-state index contributed by atoms with van der Waals surface area (Å²) < 4.78 is 25.4. The van der Waals surface area contributed by atoms with E-state index < -0.39 is 11.9 Å². The molecule has 0 aromatic rings. The molecule has 1 aliphatic rings. The number of carboxylic acid groups (broad SMARTS) is 1. The van der Waals surface area contributed by atoms with Gasteiger partial charge in [-0.3, -0.25) is 4.79 Å². The number of aliphatic carboxylic acids is 1. The molecule has 0 bridgehead atoms. The maximum absolute atomic E-state index is 12.7. The lowest BCUT2D eigenvalue weighted by Gasteiger charge is -2.27. The van der Waals surface area contributed by atoms with Crippen LogP contribution in [0.4, 0.5) is 8.78 Å². The summed E-state index contributed by atoms with van der Waals surface area (Å²) in [5.41, 5.74) is 0. The zero-order valence-electron chi connectivity index (χ0n) is 6.72. The summed E-state index contributed by atoms with van der Waals surface area (Å²) in [4.78, 5) is 10.2. The molecule has 2 nitrogen and oxygen atoms in total. The Balaban J connectivity index is 2.41. The number of carboxylic acids is 1. The Morgan fingerprint density at radius 3 is 2.75 bits per heavy atom. The third-order valence-electron chi connectivity index (χ3n) is 2.21. The molecule has 1 N–H and O–H groups in total. The molecule has 1 aliphatic carbocycles. The highest BCUT2D eigenvalue weighted by Crippen LogP contribution is 2.37. The van der Waals surface area contributed by atoms with Crippen LogP contribution in [0.2, 0.25) is 0 Å². The molecule has 0 saturated heterocycles. The topological polar surface area (TPSA) is 37.3 Å². The average molecular weight is 178 g/mol. The Bertz CT molecular complexity index is 180. The smallest absolute Gasteiger partial charge is 0.303 e. The van der Waals surface area contributed by atoms with Crippen LogP contribution in [-0.2, 0) is 4.79 Å². The van der Waals surface area contributed by atoms with Crippen molar-refractivity contribution >= 4 is 5.97 Å². The lowest BCUT2D eigenvalue weighted by Crippen LogP contribution is -2.27. The average Bonchev–Trinajstić information content (AvgIpc) is 1.82. The Labute approximate surface area is 69.6 Å². The SMILES string of the molecule is O=C(O)C[C@@H]1CCCC(F)(F)C1. The normalized spacial score (nSPS) is 28.3. The molecule has 4 heteroatoms. The fraction of sp³-hybridized carbons (Fsp3) is 0.875. The molecule has 1 fully saturated rings. The second-order valence-corrected chi connectivity index (χ2v) is 3.42. The minimum absolute atomic E-state index is 0.0802. The van der Waals surface area contributed by atoms with Crippen LogP contribution in [-0.4, -0.2) is 17.0 Å². The highest BCUT2D eigenvalue weighted by Gasteiger charge is 2.36. The molecule has 0 radical (unpaired) electrons. The number of hydrogen-bond donors (Lipinski definition) is 1. The minimum atomic E-state index is -2.63. The highest BCUT2D eigenvalue weighted by atomic mass is 19.3. The van der Waals surface area contributed by atoms with Crippen LogP contribution in [0, 0.1) is 5.92 Å². The van der Waals surface area contributed by atoms with E-state index in [1.165, 1.54) is 0 Å². The van der Waals surface area contributed by atoms with E-state index in [0.717, 1.165) is 0 Å². The van der Waals surface area contributed by atoms with Gasteiger partial charge in [0.2, 0.25) is 5.92 Å². The Morgan fingerprint density at radius 1 is 1.58 bits per heavy atom. The predicted molar refractivity (Wildman–Crippen MR) is 39.2 cm³/mol. The molecule has 0 aromatic heterocycles. The number of halogens is 2. The van der Waals surface area contributed by atoms with Crippen molar-refractivity contribution in [3.05, 3.63) is 0 Å². The predicted octanol–water partition coefficient (Wildman–Crippen LogP) is 2.29. The molecule has 0 heterocycles. The molecule has 0 spiro atoms. The molecule has 1 saturated carbocycles. The van der Waals surface area contributed by atoms with Crippen molar-refractivity contribution in [2.75, 3.05) is 0 Å². The van der Waals surface area contributed by atoms with E-state index in [2.05, 4.69) is 0 Å². The lowest BCUT2D eigenvalue weighted by atomic mass is 9.84. The van der Waals surface area contributed by atoms with Crippen molar-refractivity contribution in [2.24, 2.45) is 5.92 Å². The maximum Gasteiger partial charge on any atom is 0.303 e. The summed E-state index contributed by atoms with van der Waals surface area (Å²) in [5, 5.41) is 8.39. The van der Waals surface area contributed by atoms with Crippen molar-refractivity contribution < 1.29 is 18.7 Å². The van der Waals surface area contributed by atoms with Crippen molar-refractivity contribution in [1.29, 1.82) is 0 Å². The summed E-state index contributed by atoms with van der Waals surface area (Å²) >= 11 is 0. The maximum atomic E-state index is 12.7. The third kappa shape index (κ3) is 2.75. The van der Waals surface area contributed by atoms with Gasteiger partial charge in [0.05, 0.1) is 0 Å². The largest absolute Gasteiger partial charge is 0.481 e. The second-order valence-electron chi connectivity index (χ2n) is 3.42. The molecular weight excluding hydrogens is 166 g/mol. The van der Waals surface area contributed by atoms with Crippen LogP contribution in [0.15, 0.2) is 0 Å². The third-order valence-corrected chi connectivity index (χ3v) is 2.21. The molecule has 0 aliphatic heterocycles. The molecular formula is C8H12F2O2. The fourth-order valence-corrected chi connectivity index (χ4v) is 1.70. The second kappa shape index (κ2) is 3.37. The number of alkyl halides is 2. The van der Waals surface area contributed by atoms with Gasteiger partial charge in [-0.25, -0.2) is 8.78 Å². The molecule has 1 atom stereocenters. The Hall–Kier alpha value is -0.670. The standard InChI is InChI=1S/C8H12F2O2/c9-8(10)3-1-2-6(5-8)4-7(11)12/h6H,1-5H2,(H,11,12)/t6-/m0/s1. The van der Waals surface area contributed by atoms with Crippen LogP contribution in [0.5, 0.6) is 0 Å². The summed E-state index contributed by atoms with van der Waals surface area (Å²) in [6.07, 6.45) is 0.630. The fourth-order valence-electron chi connectivity index (χ4n) is 1.70. The van der Waals surface area contributed by atoms with Gasteiger partial charge in [0, 0.05) is 19.3 Å². The van der Waals surface area contributed by atoms with Gasteiger partial charge in [0.25, 0.3) is 0 Å². The molecule has 0 aromatic carbocycles. The Kier molecular flexibility index (Phi) is 2.65. The van der Waals surface area contributed by atoms with Crippen LogP contribution in [0.25, 0.3) is 0 Å². The van der Waals surface area contributed by atoms with E-state index in [0.29, 0.717) is 12.8 Å². The lowest BCUT2D eigenvalue weighted by molar-refractivity contribution is -0.139. The molecule has 0 amide bonds. The quantitative estimate of drug-likeness (QED) is 0.704. The zero-order valence-corrected chi connectivity index (χ0v) is 6.72. The summed E-state index contributed by atoms with van der Waals surface area (Å²) in [7, 11) is 0. The van der Waals surface area contributed by atoms with E-state index in [4.69, 9.17) is 5.11 Å². The van der Waals surface area contributed by atoms with Gasteiger partial charge >= 0.3 is 5.97 Å². The van der Waals surface area contributed by atoms with Crippen LogP contribution in [0.1, 0.15) is 32.1 Å². The van der Waals surface area contributed by atoms with Crippen molar-refractivity contribution in [2.45, 2.75) is 38.0 Å². The van der Waals surface area contributed by atoms with E-state index >= 15 is 0 Å². The highest BCUT2D eigenvalue weighted by molar-refractivity contribution is 5.67. The molecule has 12 heavy (non-hydrogen) atoms. The van der Waals surface area contributed by atoms with Gasteiger partial charge in [-0.1, -0.05) is 0 Å².